The molecule has 5 nitrogen and oxygen atoms in total. The predicted molar refractivity (Wildman–Crippen MR) is 74.2 cm³/mol. The van der Waals surface area contributed by atoms with Crippen molar-refractivity contribution in [2.45, 2.75) is 33.6 Å². The normalized spacial score (nSPS) is 17.9. The molecule has 1 fully saturated rings. The number of aromatic nitrogens is 2. The highest BCUT2D eigenvalue weighted by Crippen LogP contribution is 2.35. The molecule has 0 atom stereocenters. The van der Waals surface area contributed by atoms with Crippen LogP contribution in [-0.4, -0.2) is 23.1 Å². The van der Waals surface area contributed by atoms with Gasteiger partial charge in [-0.25, -0.2) is 10.8 Å². The fourth-order valence-corrected chi connectivity index (χ4v) is 2.55. The standard InChI is InChI=1S/C13H23N5/c1-13(2,3)10-4-6-18(7-5-10)12-9-15-8-11(16-12)17-14/h8-10H,4-7,14H2,1-3H3,(H,16,17). The Labute approximate surface area is 109 Å². The third-order valence-electron chi connectivity index (χ3n) is 3.81. The topological polar surface area (TPSA) is 67.1 Å². The molecule has 0 saturated carbocycles. The summed E-state index contributed by atoms with van der Waals surface area (Å²) in [6.07, 6.45) is 5.86. The second-order valence-corrected chi connectivity index (χ2v) is 6.03. The Kier molecular flexibility index (Phi) is 3.71. The van der Waals surface area contributed by atoms with Crippen LogP contribution < -0.4 is 16.2 Å². The Morgan fingerprint density at radius 3 is 2.50 bits per heavy atom. The van der Waals surface area contributed by atoms with Crippen molar-refractivity contribution in [2.75, 3.05) is 23.4 Å². The highest BCUT2D eigenvalue weighted by atomic mass is 15.3. The van der Waals surface area contributed by atoms with Crippen LogP contribution in [0.1, 0.15) is 33.6 Å². The third kappa shape index (κ3) is 2.90. The molecule has 1 aromatic rings. The molecular weight excluding hydrogens is 226 g/mol. The summed E-state index contributed by atoms with van der Waals surface area (Å²) in [7, 11) is 0. The van der Waals surface area contributed by atoms with E-state index < -0.39 is 0 Å². The average molecular weight is 249 g/mol. The van der Waals surface area contributed by atoms with Gasteiger partial charge in [-0.2, -0.15) is 0 Å². The third-order valence-corrected chi connectivity index (χ3v) is 3.81. The second-order valence-electron chi connectivity index (χ2n) is 6.03. The Hall–Kier alpha value is -1.36. The molecule has 0 aliphatic carbocycles. The molecule has 3 N–H and O–H groups in total. The predicted octanol–water partition coefficient (Wildman–Crippen LogP) is 2.02. The minimum Gasteiger partial charge on any atom is -0.355 e. The van der Waals surface area contributed by atoms with Gasteiger partial charge in [0, 0.05) is 13.1 Å². The zero-order valence-electron chi connectivity index (χ0n) is 11.5. The van der Waals surface area contributed by atoms with Crippen LogP contribution in [0.5, 0.6) is 0 Å². The zero-order chi connectivity index (χ0) is 13.2. The van der Waals surface area contributed by atoms with Crippen molar-refractivity contribution in [3.63, 3.8) is 0 Å². The van der Waals surface area contributed by atoms with E-state index in [0.29, 0.717) is 11.2 Å². The Morgan fingerprint density at radius 1 is 1.28 bits per heavy atom. The molecule has 0 aromatic carbocycles. The van der Waals surface area contributed by atoms with E-state index in [4.69, 9.17) is 5.84 Å². The van der Waals surface area contributed by atoms with Gasteiger partial charge in [-0.05, 0) is 24.2 Å². The van der Waals surface area contributed by atoms with E-state index >= 15 is 0 Å². The first-order valence-electron chi connectivity index (χ1n) is 6.54. The van der Waals surface area contributed by atoms with Gasteiger partial charge >= 0.3 is 0 Å². The van der Waals surface area contributed by atoms with E-state index in [1.54, 1.807) is 12.4 Å². The fourth-order valence-electron chi connectivity index (χ4n) is 2.55. The van der Waals surface area contributed by atoms with Gasteiger partial charge in [-0.1, -0.05) is 20.8 Å². The number of nitrogen functional groups attached to an aromatic ring is 1. The van der Waals surface area contributed by atoms with Gasteiger partial charge in [0.15, 0.2) is 5.82 Å². The van der Waals surface area contributed by atoms with Gasteiger partial charge in [-0.15, -0.1) is 0 Å². The SMILES string of the molecule is CC(C)(C)C1CCN(c2cncc(NN)n2)CC1. The molecule has 1 saturated heterocycles. The van der Waals surface area contributed by atoms with E-state index in [9.17, 15) is 0 Å². The lowest BCUT2D eigenvalue weighted by Crippen LogP contribution is -2.38. The van der Waals surface area contributed by atoms with Gasteiger partial charge in [0.2, 0.25) is 0 Å². The lowest BCUT2D eigenvalue weighted by molar-refractivity contribution is 0.198. The summed E-state index contributed by atoms with van der Waals surface area (Å²) in [6, 6.07) is 0. The van der Waals surface area contributed by atoms with Crippen LogP contribution in [0.2, 0.25) is 0 Å². The molecule has 0 spiro atoms. The largest absolute Gasteiger partial charge is 0.355 e. The van der Waals surface area contributed by atoms with Crippen LogP contribution in [0.25, 0.3) is 0 Å². The minimum absolute atomic E-state index is 0.401. The number of rotatable bonds is 2. The van der Waals surface area contributed by atoms with Crippen molar-refractivity contribution in [2.24, 2.45) is 17.2 Å². The number of nitrogens with two attached hydrogens (primary N) is 1. The molecule has 100 valence electrons. The van der Waals surface area contributed by atoms with E-state index in [-0.39, 0.29) is 0 Å². The summed E-state index contributed by atoms with van der Waals surface area (Å²) >= 11 is 0. The van der Waals surface area contributed by atoms with Crippen LogP contribution in [0.4, 0.5) is 11.6 Å². The summed E-state index contributed by atoms with van der Waals surface area (Å²) in [5.41, 5.74) is 2.94. The van der Waals surface area contributed by atoms with Gasteiger partial charge < -0.3 is 10.3 Å². The molecule has 0 radical (unpaired) electrons. The molecule has 2 rings (SSSR count). The van der Waals surface area contributed by atoms with E-state index in [2.05, 4.69) is 41.1 Å². The van der Waals surface area contributed by atoms with Crippen molar-refractivity contribution < 1.29 is 0 Å². The highest BCUT2D eigenvalue weighted by Gasteiger charge is 2.29. The number of anilines is 2. The van der Waals surface area contributed by atoms with Crippen molar-refractivity contribution in [1.29, 1.82) is 0 Å². The Morgan fingerprint density at radius 2 is 1.94 bits per heavy atom. The first-order chi connectivity index (χ1) is 8.50. The number of nitrogens with zero attached hydrogens (tertiary/aromatic N) is 3. The molecule has 2 heterocycles. The summed E-state index contributed by atoms with van der Waals surface area (Å²) in [6.45, 7) is 9.07. The summed E-state index contributed by atoms with van der Waals surface area (Å²) in [4.78, 5) is 10.9. The number of piperidine rings is 1. The van der Waals surface area contributed by atoms with Gasteiger partial charge in [-0.3, -0.25) is 4.98 Å². The van der Waals surface area contributed by atoms with E-state index in [0.717, 1.165) is 24.8 Å². The van der Waals surface area contributed by atoms with Gasteiger partial charge in [0.1, 0.15) is 5.82 Å². The molecule has 1 aromatic heterocycles. The first-order valence-corrected chi connectivity index (χ1v) is 6.54. The average Bonchev–Trinajstić information content (AvgIpc) is 2.38. The van der Waals surface area contributed by atoms with Crippen molar-refractivity contribution >= 4 is 11.6 Å². The van der Waals surface area contributed by atoms with Gasteiger partial charge in [0.05, 0.1) is 12.4 Å². The van der Waals surface area contributed by atoms with Crippen molar-refractivity contribution in [3.8, 4) is 0 Å². The van der Waals surface area contributed by atoms with Crippen LogP contribution in [-0.2, 0) is 0 Å². The second kappa shape index (κ2) is 5.10. The van der Waals surface area contributed by atoms with Crippen LogP contribution >= 0.6 is 0 Å². The molecular formula is C13H23N5. The molecule has 5 heteroatoms. The lowest BCUT2D eigenvalue weighted by atomic mass is 9.75. The number of nitrogens with one attached hydrogen (secondary N) is 1. The quantitative estimate of drug-likeness (QED) is 0.620. The van der Waals surface area contributed by atoms with E-state index in [1.165, 1.54) is 12.8 Å². The summed E-state index contributed by atoms with van der Waals surface area (Å²) in [5.74, 6) is 7.68. The number of hydrogen-bond donors (Lipinski definition) is 2. The smallest absolute Gasteiger partial charge is 0.160 e. The minimum atomic E-state index is 0.401. The lowest BCUT2D eigenvalue weighted by Gasteiger charge is -2.39. The summed E-state index contributed by atoms with van der Waals surface area (Å²) < 4.78 is 0. The van der Waals surface area contributed by atoms with Crippen molar-refractivity contribution in [1.82, 2.24) is 9.97 Å². The summed E-state index contributed by atoms with van der Waals surface area (Å²) in [5, 5.41) is 0. The maximum absolute atomic E-state index is 5.36. The molecule has 18 heavy (non-hydrogen) atoms. The Balaban J connectivity index is 2.01. The van der Waals surface area contributed by atoms with Crippen LogP contribution in [0.3, 0.4) is 0 Å². The highest BCUT2D eigenvalue weighted by molar-refractivity contribution is 5.43. The maximum Gasteiger partial charge on any atom is 0.160 e. The Bertz CT molecular complexity index is 391. The van der Waals surface area contributed by atoms with Crippen molar-refractivity contribution in [3.05, 3.63) is 12.4 Å². The monoisotopic (exact) mass is 249 g/mol. The van der Waals surface area contributed by atoms with E-state index in [1.807, 2.05) is 0 Å². The fraction of sp³-hybridized carbons (Fsp3) is 0.692. The maximum atomic E-state index is 5.36. The molecule has 1 aliphatic rings. The number of hydrazine groups is 1. The van der Waals surface area contributed by atoms with Crippen LogP contribution in [0, 0.1) is 11.3 Å². The molecule has 0 bridgehead atoms. The number of hydrogen-bond acceptors (Lipinski definition) is 5. The molecule has 1 aliphatic heterocycles. The molecule has 0 unspecified atom stereocenters. The zero-order valence-corrected chi connectivity index (χ0v) is 11.5. The van der Waals surface area contributed by atoms with Gasteiger partial charge in [0.25, 0.3) is 0 Å². The first kappa shape index (κ1) is 13.1. The van der Waals surface area contributed by atoms with Crippen LogP contribution in [0.15, 0.2) is 12.4 Å². The molecule has 0 amide bonds.